The van der Waals surface area contributed by atoms with Gasteiger partial charge in [-0.15, -0.1) is 0 Å². The molecule has 0 atom stereocenters. The second-order valence-corrected chi connectivity index (χ2v) is 8.36. The van der Waals surface area contributed by atoms with Crippen LogP contribution in [-0.2, 0) is 0 Å². The Bertz CT molecular complexity index is 1190. The van der Waals surface area contributed by atoms with Gasteiger partial charge in [0.1, 0.15) is 34.0 Å². The molecule has 2 aromatic carbocycles. The Labute approximate surface area is 201 Å². The van der Waals surface area contributed by atoms with Crippen molar-refractivity contribution in [2.75, 3.05) is 41.5 Å². The number of benzene rings is 2. The van der Waals surface area contributed by atoms with Crippen LogP contribution in [0.25, 0.3) is 0 Å². The summed E-state index contributed by atoms with van der Waals surface area (Å²) in [6.45, 7) is 0.516. The van der Waals surface area contributed by atoms with Gasteiger partial charge in [0.2, 0.25) is 0 Å². The fourth-order valence-electron chi connectivity index (χ4n) is 4.61. The predicted octanol–water partition coefficient (Wildman–Crippen LogP) is 3.27. The van der Waals surface area contributed by atoms with Crippen LogP contribution in [0.1, 0.15) is 40.0 Å². The van der Waals surface area contributed by atoms with Gasteiger partial charge in [0, 0.05) is 44.1 Å². The number of nitro benzene ring substituents is 1. The van der Waals surface area contributed by atoms with Crippen LogP contribution in [0.3, 0.4) is 0 Å². The highest BCUT2D eigenvalue weighted by atomic mass is 16.6. The molecule has 1 saturated heterocycles. The van der Waals surface area contributed by atoms with Crippen molar-refractivity contribution in [3.05, 3.63) is 45.5 Å². The number of likely N-dealkylation sites (tertiary alicyclic amines) is 1. The first-order valence-corrected chi connectivity index (χ1v) is 10.9. The van der Waals surface area contributed by atoms with Crippen molar-refractivity contribution in [3.8, 4) is 28.7 Å². The molecule has 0 bridgehead atoms. The van der Waals surface area contributed by atoms with Gasteiger partial charge in [-0.2, -0.15) is 0 Å². The van der Waals surface area contributed by atoms with Crippen LogP contribution in [0.2, 0.25) is 0 Å². The SMILES string of the molecule is COc1cc(OC)c2c(c1)OC1(CCN(C(=O)c3cc(OC)c(OC)cc3[N+](=O)[O-])CC1)CC2=O. The van der Waals surface area contributed by atoms with Crippen molar-refractivity contribution >= 4 is 17.4 Å². The van der Waals surface area contributed by atoms with Gasteiger partial charge < -0.3 is 28.6 Å². The normalized spacial score (nSPS) is 16.2. The Morgan fingerprint density at radius 3 is 2.17 bits per heavy atom. The van der Waals surface area contributed by atoms with Gasteiger partial charge in [-0.3, -0.25) is 19.7 Å². The van der Waals surface area contributed by atoms with E-state index in [1.165, 1.54) is 45.5 Å². The highest BCUT2D eigenvalue weighted by molar-refractivity contribution is 6.03. The summed E-state index contributed by atoms with van der Waals surface area (Å²) in [5.74, 6) is 1.03. The average Bonchev–Trinajstić information content (AvgIpc) is 2.86. The summed E-state index contributed by atoms with van der Waals surface area (Å²) in [4.78, 5) is 38.9. The number of carbonyl (C=O) groups is 2. The van der Waals surface area contributed by atoms with Gasteiger partial charge in [0.15, 0.2) is 17.3 Å². The minimum Gasteiger partial charge on any atom is -0.496 e. The molecule has 4 rings (SSSR count). The summed E-state index contributed by atoms with van der Waals surface area (Å²) >= 11 is 0. The van der Waals surface area contributed by atoms with Crippen LogP contribution >= 0.6 is 0 Å². The maximum atomic E-state index is 13.3. The molecule has 0 unspecified atom stereocenters. The number of ether oxygens (including phenoxy) is 5. The summed E-state index contributed by atoms with van der Waals surface area (Å²) in [5, 5.41) is 11.6. The number of amides is 1. The predicted molar refractivity (Wildman–Crippen MR) is 123 cm³/mol. The molecule has 1 fully saturated rings. The lowest BCUT2D eigenvalue weighted by molar-refractivity contribution is -0.385. The monoisotopic (exact) mass is 486 g/mol. The number of Topliss-reactive ketones (excluding diaryl/α,β-unsaturated/α-hetero) is 1. The highest BCUT2D eigenvalue weighted by Crippen LogP contribution is 2.45. The number of rotatable bonds is 6. The molecule has 1 spiro atoms. The van der Waals surface area contributed by atoms with Crippen LogP contribution in [0, 0.1) is 10.1 Å². The van der Waals surface area contributed by atoms with Crippen molar-refractivity contribution in [1.29, 1.82) is 0 Å². The minimum absolute atomic E-state index is 0.0935. The molecule has 2 heterocycles. The molecular formula is C24H26N2O9. The van der Waals surface area contributed by atoms with E-state index in [2.05, 4.69) is 0 Å². The van der Waals surface area contributed by atoms with E-state index < -0.39 is 16.4 Å². The molecule has 0 aliphatic carbocycles. The number of hydrogen-bond donors (Lipinski definition) is 0. The van der Waals surface area contributed by atoms with Crippen LogP contribution in [0.4, 0.5) is 5.69 Å². The molecule has 2 aromatic rings. The molecule has 0 radical (unpaired) electrons. The smallest absolute Gasteiger partial charge is 0.286 e. The van der Waals surface area contributed by atoms with Crippen molar-refractivity contribution in [1.82, 2.24) is 4.90 Å². The molecule has 1 amide bonds. The van der Waals surface area contributed by atoms with Gasteiger partial charge in [0.05, 0.1) is 45.8 Å². The van der Waals surface area contributed by atoms with Gasteiger partial charge in [0.25, 0.3) is 11.6 Å². The second-order valence-electron chi connectivity index (χ2n) is 8.36. The Kier molecular flexibility index (Phi) is 6.42. The molecule has 0 N–H and O–H groups in total. The lowest BCUT2D eigenvalue weighted by atomic mass is 9.82. The van der Waals surface area contributed by atoms with E-state index in [-0.39, 0.29) is 48.0 Å². The fraction of sp³-hybridized carbons (Fsp3) is 0.417. The molecule has 0 aromatic heterocycles. The van der Waals surface area contributed by atoms with Crippen molar-refractivity contribution < 1.29 is 38.2 Å². The van der Waals surface area contributed by atoms with Gasteiger partial charge >= 0.3 is 0 Å². The summed E-state index contributed by atoms with van der Waals surface area (Å²) in [5.41, 5.74) is -0.880. The first-order valence-electron chi connectivity index (χ1n) is 10.9. The maximum absolute atomic E-state index is 13.3. The highest BCUT2D eigenvalue weighted by Gasteiger charge is 2.45. The van der Waals surface area contributed by atoms with Crippen LogP contribution < -0.4 is 23.7 Å². The van der Waals surface area contributed by atoms with E-state index in [0.29, 0.717) is 35.7 Å². The molecule has 2 aliphatic heterocycles. The first-order chi connectivity index (χ1) is 16.8. The van der Waals surface area contributed by atoms with Crippen LogP contribution in [-0.4, -0.2) is 68.6 Å². The van der Waals surface area contributed by atoms with E-state index in [1.54, 1.807) is 12.1 Å². The molecule has 2 aliphatic rings. The first kappa shape index (κ1) is 24.1. The topological polar surface area (TPSA) is 127 Å². The standard InChI is InChI=1S/C24H26N2O9/c1-31-14-9-20(34-4)22-17(27)13-24(35-21(22)10-14)5-7-25(8-6-24)23(28)15-11-18(32-2)19(33-3)12-16(15)26(29)30/h9-12H,5-8,13H2,1-4H3. The number of ketones is 1. The Hall–Kier alpha value is -4.02. The summed E-state index contributed by atoms with van der Waals surface area (Å²) in [6, 6.07) is 5.79. The van der Waals surface area contributed by atoms with E-state index in [1.807, 2.05) is 0 Å². The number of nitrogens with zero attached hydrogens (tertiary/aromatic N) is 2. The maximum Gasteiger partial charge on any atom is 0.286 e. The zero-order chi connectivity index (χ0) is 25.3. The number of methoxy groups -OCH3 is 4. The zero-order valence-electron chi connectivity index (χ0n) is 19.9. The lowest BCUT2D eigenvalue weighted by Crippen LogP contribution is -2.52. The molecule has 186 valence electrons. The largest absolute Gasteiger partial charge is 0.496 e. The van der Waals surface area contributed by atoms with E-state index >= 15 is 0 Å². The van der Waals surface area contributed by atoms with Crippen molar-refractivity contribution in [2.45, 2.75) is 24.9 Å². The van der Waals surface area contributed by atoms with Gasteiger partial charge in [-0.05, 0) is 0 Å². The number of nitro groups is 1. The number of piperidine rings is 1. The third-order valence-corrected chi connectivity index (χ3v) is 6.47. The van der Waals surface area contributed by atoms with E-state index in [4.69, 9.17) is 23.7 Å². The molecule has 35 heavy (non-hydrogen) atoms. The Morgan fingerprint density at radius 2 is 1.60 bits per heavy atom. The fourth-order valence-corrected chi connectivity index (χ4v) is 4.61. The number of fused-ring (bicyclic) bond motifs is 1. The Morgan fingerprint density at radius 1 is 0.971 bits per heavy atom. The van der Waals surface area contributed by atoms with Gasteiger partial charge in [-0.1, -0.05) is 0 Å². The number of hydrogen-bond acceptors (Lipinski definition) is 9. The third-order valence-electron chi connectivity index (χ3n) is 6.47. The quantitative estimate of drug-likeness (QED) is 0.446. The van der Waals surface area contributed by atoms with E-state index in [9.17, 15) is 19.7 Å². The van der Waals surface area contributed by atoms with Crippen molar-refractivity contribution in [2.24, 2.45) is 0 Å². The zero-order valence-corrected chi connectivity index (χ0v) is 19.9. The summed E-state index contributed by atoms with van der Waals surface area (Å²) in [6.07, 6.45) is 0.899. The molecular weight excluding hydrogens is 460 g/mol. The third kappa shape index (κ3) is 4.29. The van der Waals surface area contributed by atoms with Crippen molar-refractivity contribution in [3.63, 3.8) is 0 Å². The molecule has 0 saturated carbocycles. The van der Waals surface area contributed by atoms with Crippen LogP contribution in [0.15, 0.2) is 24.3 Å². The lowest BCUT2D eigenvalue weighted by Gasteiger charge is -2.44. The summed E-state index contributed by atoms with van der Waals surface area (Å²) < 4.78 is 27.3. The molecule has 11 nitrogen and oxygen atoms in total. The molecule has 11 heteroatoms. The number of carbonyl (C=O) groups excluding carboxylic acids is 2. The van der Waals surface area contributed by atoms with Gasteiger partial charge in [-0.25, -0.2) is 0 Å². The van der Waals surface area contributed by atoms with Crippen LogP contribution in [0.5, 0.6) is 28.7 Å². The minimum atomic E-state index is -0.790. The van der Waals surface area contributed by atoms with E-state index in [0.717, 1.165) is 0 Å². The second kappa shape index (κ2) is 9.32. The average molecular weight is 486 g/mol. The Balaban J connectivity index is 1.57. The summed E-state index contributed by atoms with van der Waals surface area (Å²) in [7, 11) is 5.74.